The summed E-state index contributed by atoms with van der Waals surface area (Å²) in [5.41, 5.74) is 0.848. The summed E-state index contributed by atoms with van der Waals surface area (Å²) in [5.74, 6) is 0. The molecule has 202 valence electrons. The highest BCUT2D eigenvalue weighted by molar-refractivity contribution is 8.14. The van der Waals surface area contributed by atoms with Crippen LogP contribution in [-0.4, -0.2) is 83.6 Å². The van der Waals surface area contributed by atoms with E-state index in [0.717, 1.165) is 10.7 Å². The molecule has 8 nitrogen and oxygen atoms in total. The van der Waals surface area contributed by atoms with Gasteiger partial charge in [0, 0.05) is 26.5 Å². The number of aromatic nitrogens is 2. The van der Waals surface area contributed by atoms with Crippen LogP contribution in [0.5, 0.6) is 0 Å². The molecule has 1 fully saturated rings. The lowest BCUT2D eigenvalue weighted by Gasteiger charge is -2.44. The van der Waals surface area contributed by atoms with Crippen LogP contribution >= 0.6 is 24.0 Å². The Labute approximate surface area is 230 Å². The van der Waals surface area contributed by atoms with Crippen LogP contribution in [0.15, 0.2) is 54.0 Å². The predicted molar refractivity (Wildman–Crippen MR) is 154 cm³/mol. The van der Waals surface area contributed by atoms with Crippen LogP contribution in [0.3, 0.4) is 0 Å². The topological polar surface area (TPSA) is 70.3 Å². The van der Waals surface area contributed by atoms with Gasteiger partial charge in [0.2, 0.25) is 0 Å². The van der Waals surface area contributed by atoms with Crippen molar-refractivity contribution in [2.24, 2.45) is 4.99 Å². The van der Waals surface area contributed by atoms with Crippen molar-refractivity contribution >= 4 is 42.6 Å². The Kier molecular flexibility index (Phi) is 8.81. The van der Waals surface area contributed by atoms with Crippen molar-refractivity contribution in [2.45, 2.75) is 75.3 Å². The van der Waals surface area contributed by atoms with Gasteiger partial charge in [-0.2, -0.15) is 0 Å². The Hall–Kier alpha value is -1.76. The molecule has 0 radical (unpaired) electrons. The molecular formula is C26H38N4O4S2Si. The lowest BCUT2D eigenvalue weighted by molar-refractivity contribution is -0.183. The molecule has 0 spiro atoms. The van der Waals surface area contributed by atoms with Crippen LogP contribution in [0.25, 0.3) is 0 Å². The van der Waals surface area contributed by atoms with E-state index in [4.69, 9.17) is 35.8 Å². The molecule has 11 heteroatoms. The van der Waals surface area contributed by atoms with Gasteiger partial charge in [0.05, 0.1) is 13.2 Å². The highest BCUT2D eigenvalue weighted by Crippen LogP contribution is 2.41. The van der Waals surface area contributed by atoms with Gasteiger partial charge in [-0.05, 0) is 35.9 Å². The number of hydrogen-bond donors (Lipinski definition) is 0. The van der Waals surface area contributed by atoms with Gasteiger partial charge in [-0.25, -0.2) is 4.98 Å². The molecular weight excluding hydrogens is 525 g/mol. The number of nitrogens with zero attached hydrogens (tertiary/aromatic N) is 4. The van der Waals surface area contributed by atoms with E-state index in [1.165, 1.54) is 0 Å². The van der Waals surface area contributed by atoms with E-state index >= 15 is 0 Å². The van der Waals surface area contributed by atoms with Crippen molar-refractivity contribution in [1.82, 2.24) is 14.5 Å². The summed E-state index contributed by atoms with van der Waals surface area (Å²) in [7, 11) is 1.94. The first-order chi connectivity index (χ1) is 17.5. The van der Waals surface area contributed by atoms with E-state index in [0.29, 0.717) is 18.4 Å². The Morgan fingerprint density at radius 1 is 1.19 bits per heavy atom. The fourth-order valence-corrected chi connectivity index (χ4v) is 6.28. The van der Waals surface area contributed by atoms with E-state index in [9.17, 15) is 0 Å². The van der Waals surface area contributed by atoms with Gasteiger partial charge in [-0.3, -0.25) is 9.56 Å². The van der Waals surface area contributed by atoms with E-state index in [1.807, 2.05) is 49.3 Å². The van der Waals surface area contributed by atoms with Gasteiger partial charge in [-0.15, -0.1) is 0 Å². The summed E-state index contributed by atoms with van der Waals surface area (Å²) < 4.78 is 28.0. The maximum Gasteiger partial charge on any atom is 0.269 e. The zero-order chi connectivity index (χ0) is 26.8. The highest BCUT2D eigenvalue weighted by Gasteiger charge is 2.53. The molecule has 0 bridgehead atoms. The zero-order valence-electron chi connectivity index (χ0n) is 22.7. The van der Waals surface area contributed by atoms with Crippen LogP contribution in [-0.2, 0) is 25.2 Å². The van der Waals surface area contributed by atoms with Crippen molar-refractivity contribution in [3.05, 3.63) is 54.6 Å². The average molecular weight is 563 g/mol. The number of ether oxygens (including phenoxy) is 3. The summed E-state index contributed by atoms with van der Waals surface area (Å²) in [6.45, 7) is 12.0. The molecule has 4 rings (SSSR count). The molecule has 2 aliphatic rings. The second-order valence-electron chi connectivity index (χ2n) is 11.1. The quantitative estimate of drug-likeness (QED) is 0.353. The first kappa shape index (κ1) is 28.3. The second kappa shape index (κ2) is 11.5. The predicted octanol–water partition coefficient (Wildman–Crippen LogP) is 4.77. The van der Waals surface area contributed by atoms with E-state index in [2.05, 4.69) is 38.8 Å². The highest BCUT2D eigenvalue weighted by atomic mass is 32.2. The standard InChI is InChI=1S/C26H38N4O4S2Si/c1-26(2,3)37(6,7)32-16-19-21(31-15-18-11-9-8-10-12-18)22(34-25(35)30-14-13-27-17-30)20-23(33-19)36-24(28-20)29(4)5/h8-14,17,19-23H,15-16H2,1-7H3/t19-,20-,21-,22-,23-/m1/s1. The third-order valence-corrected chi connectivity index (χ3v) is 13.2. The van der Waals surface area contributed by atoms with E-state index in [1.54, 1.807) is 35.0 Å². The normalized spacial score (nSPS) is 25.9. The van der Waals surface area contributed by atoms with E-state index < -0.39 is 20.5 Å². The largest absolute Gasteiger partial charge is 0.462 e. The Morgan fingerprint density at radius 3 is 2.54 bits per heavy atom. The first-order valence-corrected chi connectivity index (χ1v) is 16.7. The average Bonchev–Trinajstić information content (AvgIpc) is 3.52. The van der Waals surface area contributed by atoms with Crippen molar-refractivity contribution in [1.29, 1.82) is 0 Å². The van der Waals surface area contributed by atoms with Crippen molar-refractivity contribution in [2.75, 3.05) is 20.7 Å². The Bertz CT molecular complexity index is 1080. The van der Waals surface area contributed by atoms with Gasteiger partial charge in [0.25, 0.3) is 5.17 Å². The maximum atomic E-state index is 6.65. The number of fused-ring (bicyclic) bond motifs is 1. The first-order valence-electron chi connectivity index (χ1n) is 12.5. The number of thioether (sulfide) groups is 1. The number of amidine groups is 1. The van der Waals surface area contributed by atoms with Gasteiger partial charge in [0.1, 0.15) is 30.0 Å². The number of rotatable bonds is 7. The van der Waals surface area contributed by atoms with Crippen LogP contribution in [0, 0.1) is 0 Å². The molecule has 2 aromatic rings. The zero-order valence-corrected chi connectivity index (χ0v) is 25.3. The van der Waals surface area contributed by atoms with Crippen LogP contribution in [0.2, 0.25) is 18.1 Å². The summed E-state index contributed by atoms with van der Waals surface area (Å²) in [5, 5.41) is 1.27. The van der Waals surface area contributed by atoms with Crippen LogP contribution in [0.4, 0.5) is 0 Å². The molecule has 1 saturated heterocycles. The van der Waals surface area contributed by atoms with Gasteiger partial charge < -0.3 is 23.5 Å². The molecule has 0 aliphatic carbocycles. The molecule has 1 aromatic heterocycles. The number of benzene rings is 1. The van der Waals surface area contributed by atoms with Crippen molar-refractivity contribution in [3.8, 4) is 0 Å². The Morgan fingerprint density at radius 2 is 1.92 bits per heavy atom. The number of aliphatic imine (C=N–C) groups is 1. The summed E-state index contributed by atoms with van der Waals surface area (Å²) in [4.78, 5) is 11.1. The summed E-state index contributed by atoms with van der Waals surface area (Å²) >= 11 is 7.25. The number of imidazole rings is 1. The minimum atomic E-state index is -2.03. The fourth-order valence-electron chi connectivity index (χ4n) is 3.90. The minimum Gasteiger partial charge on any atom is -0.462 e. The van der Waals surface area contributed by atoms with Crippen molar-refractivity contribution in [3.63, 3.8) is 0 Å². The van der Waals surface area contributed by atoms with Crippen LogP contribution < -0.4 is 0 Å². The molecule has 0 saturated carbocycles. The smallest absolute Gasteiger partial charge is 0.269 e. The third kappa shape index (κ3) is 6.63. The molecule has 2 aliphatic heterocycles. The number of thiocarbonyl (C=S) groups is 1. The molecule has 0 amide bonds. The number of hydrogen-bond acceptors (Lipinski definition) is 9. The Balaban J connectivity index is 1.64. The lowest BCUT2D eigenvalue weighted by Crippen LogP contribution is -2.59. The molecule has 0 N–H and O–H groups in total. The second-order valence-corrected chi connectivity index (χ2v) is 17.3. The molecule has 5 atom stereocenters. The van der Waals surface area contributed by atoms with Gasteiger partial charge in [-0.1, -0.05) is 62.9 Å². The molecule has 3 heterocycles. The minimum absolute atomic E-state index is 0.0762. The molecule has 1 aromatic carbocycles. The summed E-state index contributed by atoms with van der Waals surface area (Å²) in [6.07, 6.45) is 3.83. The van der Waals surface area contributed by atoms with E-state index in [-0.39, 0.29) is 22.6 Å². The summed E-state index contributed by atoms with van der Waals surface area (Å²) in [6, 6.07) is 9.83. The molecule has 37 heavy (non-hydrogen) atoms. The SMILES string of the molecule is CN(C)C1=N[C@@H]2[C@@H](OC(=S)n3ccnc3)[C@H](OCc3ccccc3)[C@@H](CO[Si](C)(C)C(C)(C)C)O[C@@H]2S1. The van der Waals surface area contributed by atoms with Gasteiger partial charge in [0.15, 0.2) is 19.6 Å². The van der Waals surface area contributed by atoms with Crippen LogP contribution in [0.1, 0.15) is 26.3 Å². The fraction of sp³-hybridized carbons (Fsp3) is 0.577. The monoisotopic (exact) mass is 562 g/mol. The lowest BCUT2D eigenvalue weighted by atomic mass is 9.98. The van der Waals surface area contributed by atoms with Gasteiger partial charge >= 0.3 is 0 Å². The third-order valence-electron chi connectivity index (χ3n) is 7.13. The maximum absolute atomic E-state index is 6.65. The van der Waals surface area contributed by atoms with Crippen molar-refractivity contribution < 1.29 is 18.6 Å². The molecule has 0 unspecified atom stereocenters.